The number of phenolic OH excluding ortho intramolecular Hbond substituents is 1. The van der Waals surface area contributed by atoms with Crippen molar-refractivity contribution in [2.45, 2.75) is 13.8 Å². The van der Waals surface area contributed by atoms with Crippen molar-refractivity contribution >= 4 is 11.0 Å². The molecule has 0 saturated carbocycles. The third kappa shape index (κ3) is 2.69. The van der Waals surface area contributed by atoms with E-state index in [0.717, 1.165) is 0 Å². The van der Waals surface area contributed by atoms with Gasteiger partial charge in [-0.25, -0.2) is 9.59 Å². The van der Waals surface area contributed by atoms with Gasteiger partial charge in [-0.05, 0) is 38.1 Å². The van der Waals surface area contributed by atoms with Crippen LogP contribution in [0.3, 0.4) is 0 Å². The predicted octanol–water partition coefficient (Wildman–Crippen LogP) is 3.70. The van der Waals surface area contributed by atoms with Crippen LogP contribution in [0.15, 0.2) is 59.2 Å². The summed E-state index contributed by atoms with van der Waals surface area (Å²) in [4.78, 5) is 25.0. The molecule has 2 N–H and O–H groups in total. The van der Waals surface area contributed by atoms with E-state index in [1.807, 2.05) is 0 Å². The van der Waals surface area contributed by atoms with Crippen LogP contribution in [0, 0.1) is 13.8 Å². The molecule has 0 unspecified atom stereocenters. The van der Waals surface area contributed by atoms with Crippen molar-refractivity contribution in [2.75, 3.05) is 0 Å². The molecule has 1 aromatic carbocycles. The number of aryl methyl sites for hydroxylation is 2. The minimum atomic E-state index is -0.810. The van der Waals surface area contributed by atoms with Gasteiger partial charge in [0.05, 0.1) is 5.56 Å². The Morgan fingerprint density at radius 2 is 1.41 bits per heavy atom. The van der Waals surface area contributed by atoms with Gasteiger partial charge >= 0.3 is 11.3 Å². The molecule has 3 heterocycles. The third-order valence-corrected chi connectivity index (χ3v) is 4.16. The highest BCUT2D eigenvalue weighted by Gasteiger charge is 2.26. The summed E-state index contributed by atoms with van der Waals surface area (Å²) in [7, 11) is 0. The molecule has 27 heavy (non-hydrogen) atoms. The molecule has 0 saturated heterocycles. The molecule has 136 valence electrons. The van der Waals surface area contributed by atoms with Crippen LogP contribution in [0.2, 0.25) is 0 Å². The molecule has 7 heteroatoms. The molecular weight excluding hydrogens is 352 g/mol. The van der Waals surface area contributed by atoms with Crippen LogP contribution in [-0.2, 0) is 0 Å². The molecule has 0 aliphatic rings. The minimum absolute atomic E-state index is 0.0233. The fourth-order valence-electron chi connectivity index (χ4n) is 3.05. The summed E-state index contributed by atoms with van der Waals surface area (Å²) in [5.41, 5.74) is -0.922. The van der Waals surface area contributed by atoms with E-state index in [9.17, 15) is 19.8 Å². The maximum atomic E-state index is 12.5. The lowest BCUT2D eigenvalue weighted by Gasteiger charge is -2.05. The number of rotatable bonds is 2. The van der Waals surface area contributed by atoms with Crippen LogP contribution < -0.4 is 11.3 Å². The Morgan fingerprint density at radius 1 is 0.778 bits per heavy atom. The van der Waals surface area contributed by atoms with E-state index in [2.05, 4.69) is 0 Å². The van der Waals surface area contributed by atoms with Crippen LogP contribution in [0.4, 0.5) is 0 Å². The molecule has 4 rings (SSSR count). The van der Waals surface area contributed by atoms with Gasteiger partial charge in [0.1, 0.15) is 45.3 Å². The molecule has 0 aliphatic carbocycles. The summed E-state index contributed by atoms with van der Waals surface area (Å²) in [6.07, 6.45) is 0. The molecule has 0 atom stereocenters. The second kappa shape index (κ2) is 5.91. The van der Waals surface area contributed by atoms with Crippen LogP contribution >= 0.6 is 0 Å². The molecule has 0 fully saturated rings. The molecule has 0 spiro atoms. The average Bonchev–Trinajstić information content (AvgIpc) is 2.94. The van der Waals surface area contributed by atoms with Gasteiger partial charge in [-0.3, -0.25) is 0 Å². The van der Waals surface area contributed by atoms with Gasteiger partial charge in [-0.15, -0.1) is 0 Å². The molecule has 7 nitrogen and oxygen atoms in total. The summed E-state index contributed by atoms with van der Waals surface area (Å²) in [6.45, 7) is 3.12. The molecule has 0 bridgehead atoms. The predicted molar refractivity (Wildman–Crippen MR) is 97.0 cm³/mol. The highest BCUT2D eigenvalue weighted by Crippen LogP contribution is 2.41. The molecule has 3 aromatic heterocycles. The summed E-state index contributed by atoms with van der Waals surface area (Å²) in [6, 6.07) is 8.83. The Kier molecular flexibility index (Phi) is 3.66. The van der Waals surface area contributed by atoms with E-state index in [4.69, 9.17) is 13.3 Å². The molecule has 0 radical (unpaired) electrons. The molecule has 4 aromatic rings. The summed E-state index contributed by atoms with van der Waals surface area (Å²) < 4.78 is 16.1. The zero-order chi connectivity index (χ0) is 19.3. The zero-order valence-electron chi connectivity index (χ0n) is 14.4. The van der Waals surface area contributed by atoms with Crippen molar-refractivity contribution in [1.82, 2.24) is 0 Å². The second-order valence-electron chi connectivity index (χ2n) is 6.14. The minimum Gasteiger partial charge on any atom is -0.508 e. The highest BCUT2D eigenvalue weighted by atomic mass is 16.4. The van der Waals surface area contributed by atoms with Crippen molar-refractivity contribution in [1.29, 1.82) is 0 Å². The van der Waals surface area contributed by atoms with Gasteiger partial charge in [0, 0.05) is 17.7 Å². The van der Waals surface area contributed by atoms with Crippen LogP contribution in [0.25, 0.3) is 33.4 Å². The number of hydrogen-bond acceptors (Lipinski definition) is 7. The number of hydrogen-bond donors (Lipinski definition) is 2. The first-order chi connectivity index (χ1) is 12.8. The Balaban J connectivity index is 2.18. The Bertz CT molecular complexity index is 1290. The van der Waals surface area contributed by atoms with E-state index < -0.39 is 11.3 Å². The van der Waals surface area contributed by atoms with Crippen molar-refractivity contribution in [3.05, 3.63) is 68.8 Å². The molecular formula is C20H14O7. The lowest BCUT2D eigenvalue weighted by molar-refractivity contribution is 0.438. The number of fused-ring (bicyclic) bond motifs is 1. The summed E-state index contributed by atoms with van der Waals surface area (Å²) in [5, 5.41) is 19.9. The summed E-state index contributed by atoms with van der Waals surface area (Å²) in [5.74, 6) is 0.443. The van der Waals surface area contributed by atoms with Gasteiger partial charge in [0.15, 0.2) is 0 Å². The smallest absolute Gasteiger partial charge is 0.347 e. The first-order valence-electron chi connectivity index (χ1n) is 8.06. The van der Waals surface area contributed by atoms with Gasteiger partial charge < -0.3 is 23.5 Å². The maximum absolute atomic E-state index is 12.5. The van der Waals surface area contributed by atoms with E-state index in [1.54, 1.807) is 19.1 Å². The van der Waals surface area contributed by atoms with Gasteiger partial charge in [-0.1, -0.05) is 0 Å². The molecule has 0 aliphatic heterocycles. The first kappa shape index (κ1) is 16.7. The SMILES string of the molecule is Cc1cc(O)c(-c2c(-c3ccc(O)cc3)oc3cc(C)oc(=O)c23)c(=O)o1. The number of furan rings is 1. The van der Waals surface area contributed by atoms with Crippen molar-refractivity contribution in [3.63, 3.8) is 0 Å². The number of phenols is 1. The standard InChI is InChI=1S/C20H14O7/c1-9-7-13(22)15(19(23)25-9)17-16-14(8-10(2)26-20(16)24)27-18(17)11-3-5-12(21)6-4-11/h3-8,21-22H,1-2H3. The normalized spacial score (nSPS) is 11.2. The van der Waals surface area contributed by atoms with E-state index in [1.165, 1.54) is 31.2 Å². The van der Waals surface area contributed by atoms with Crippen molar-refractivity contribution < 1.29 is 23.5 Å². The highest BCUT2D eigenvalue weighted by molar-refractivity contribution is 6.02. The van der Waals surface area contributed by atoms with E-state index in [0.29, 0.717) is 11.3 Å². The van der Waals surface area contributed by atoms with Crippen molar-refractivity contribution in [2.24, 2.45) is 0 Å². The van der Waals surface area contributed by atoms with Gasteiger partial charge in [0.25, 0.3) is 0 Å². The van der Waals surface area contributed by atoms with Crippen molar-refractivity contribution in [3.8, 4) is 33.9 Å². The maximum Gasteiger partial charge on any atom is 0.347 e. The van der Waals surface area contributed by atoms with Crippen LogP contribution in [0.1, 0.15) is 11.5 Å². The van der Waals surface area contributed by atoms with Gasteiger partial charge in [0.2, 0.25) is 0 Å². The largest absolute Gasteiger partial charge is 0.508 e. The number of aromatic hydroxyl groups is 2. The van der Waals surface area contributed by atoms with Gasteiger partial charge in [-0.2, -0.15) is 0 Å². The Labute approximate surface area is 151 Å². The second-order valence-corrected chi connectivity index (χ2v) is 6.14. The van der Waals surface area contributed by atoms with E-state index in [-0.39, 0.29) is 45.1 Å². The fraction of sp³-hybridized carbons (Fsp3) is 0.100. The zero-order valence-corrected chi connectivity index (χ0v) is 14.4. The van der Waals surface area contributed by atoms with Crippen LogP contribution in [0.5, 0.6) is 11.5 Å². The topological polar surface area (TPSA) is 114 Å². The quantitative estimate of drug-likeness (QED) is 0.556. The monoisotopic (exact) mass is 366 g/mol. The Hall–Kier alpha value is -3.74. The average molecular weight is 366 g/mol. The number of benzene rings is 1. The van der Waals surface area contributed by atoms with E-state index >= 15 is 0 Å². The lowest BCUT2D eigenvalue weighted by Crippen LogP contribution is -2.07. The molecule has 0 amide bonds. The summed E-state index contributed by atoms with van der Waals surface area (Å²) >= 11 is 0. The van der Waals surface area contributed by atoms with Crippen LogP contribution in [-0.4, -0.2) is 10.2 Å². The fourth-order valence-corrected chi connectivity index (χ4v) is 3.05. The Morgan fingerprint density at radius 3 is 2.07 bits per heavy atom. The first-order valence-corrected chi connectivity index (χ1v) is 8.06. The lowest BCUT2D eigenvalue weighted by atomic mass is 9.99. The third-order valence-electron chi connectivity index (χ3n) is 4.16.